The summed E-state index contributed by atoms with van der Waals surface area (Å²) in [6.45, 7) is 0.310. The third kappa shape index (κ3) is 5.07. The first-order chi connectivity index (χ1) is 14.1. The summed E-state index contributed by atoms with van der Waals surface area (Å²) in [6.07, 6.45) is 1.31. The van der Waals surface area contributed by atoms with Gasteiger partial charge in [-0.2, -0.15) is 0 Å². The zero-order valence-corrected chi connectivity index (χ0v) is 16.0. The Bertz CT molecular complexity index is 1010. The Hall–Kier alpha value is -3.94. The first-order valence-electron chi connectivity index (χ1n) is 8.78. The predicted octanol–water partition coefficient (Wildman–Crippen LogP) is 2.95. The number of nitrogens with one attached hydrogen (secondary N) is 2. The minimum atomic E-state index is -0.410. The summed E-state index contributed by atoms with van der Waals surface area (Å²) >= 11 is 0. The van der Waals surface area contributed by atoms with Crippen LogP contribution in [-0.4, -0.2) is 36.1 Å². The highest BCUT2D eigenvalue weighted by atomic mass is 16.5. The van der Waals surface area contributed by atoms with Crippen molar-refractivity contribution in [2.24, 2.45) is 0 Å². The molecule has 1 aromatic heterocycles. The molecule has 2 aromatic carbocycles. The van der Waals surface area contributed by atoms with Crippen molar-refractivity contribution in [3.05, 3.63) is 77.7 Å². The molecule has 0 aliphatic carbocycles. The topological polar surface area (TPSA) is 102 Å². The van der Waals surface area contributed by atoms with Crippen molar-refractivity contribution in [2.75, 3.05) is 19.5 Å². The van der Waals surface area contributed by atoms with Gasteiger partial charge in [-0.3, -0.25) is 4.79 Å². The van der Waals surface area contributed by atoms with Crippen LogP contribution >= 0.6 is 0 Å². The molecule has 8 heteroatoms. The molecule has 148 valence electrons. The lowest BCUT2D eigenvalue weighted by atomic mass is 10.2. The minimum absolute atomic E-state index is 0.226. The molecule has 0 fully saturated rings. The summed E-state index contributed by atoms with van der Waals surface area (Å²) in [7, 11) is 2.91. The second-order valence-electron chi connectivity index (χ2n) is 5.98. The fourth-order valence-electron chi connectivity index (χ4n) is 2.62. The first kappa shape index (κ1) is 19.8. The smallest absolute Gasteiger partial charge is 0.337 e. The van der Waals surface area contributed by atoms with E-state index in [0.717, 1.165) is 5.56 Å². The number of para-hydroxylation sites is 1. The molecule has 1 heterocycles. The maximum Gasteiger partial charge on any atom is 0.337 e. The van der Waals surface area contributed by atoms with Crippen LogP contribution in [0.1, 0.15) is 26.4 Å². The molecule has 29 heavy (non-hydrogen) atoms. The Morgan fingerprint density at radius 1 is 1.00 bits per heavy atom. The van der Waals surface area contributed by atoms with Gasteiger partial charge >= 0.3 is 5.97 Å². The van der Waals surface area contributed by atoms with Crippen LogP contribution in [0.5, 0.6) is 5.75 Å². The average Bonchev–Trinajstić information content (AvgIpc) is 2.77. The summed E-state index contributed by atoms with van der Waals surface area (Å²) < 4.78 is 9.96. The standard InChI is InChI=1S/C21H20N4O4/c1-28-18-6-4-3-5-15(18)12-22-20(26)17-11-19(24-13-23-17)25-16-9-7-14(8-10-16)21(27)29-2/h3-11,13H,12H2,1-2H3,(H,22,26)(H,23,24,25). The number of ether oxygens (including phenoxy) is 2. The van der Waals surface area contributed by atoms with E-state index in [4.69, 9.17) is 4.74 Å². The monoisotopic (exact) mass is 392 g/mol. The fourth-order valence-corrected chi connectivity index (χ4v) is 2.62. The Labute approximate surface area is 167 Å². The van der Waals surface area contributed by atoms with Crippen molar-refractivity contribution in [3.63, 3.8) is 0 Å². The Balaban J connectivity index is 1.65. The lowest BCUT2D eigenvalue weighted by Gasteiger charge is -2.10. The van der Waals surface area contributed by atoms with Gasteiger partial charge in [-0.25, -0.2) is 14.8 Å². The van der Waals surface area contributed by atoms with E-state index in [2.05, 4.69) is 25.3 Å². The number of hydrogen-bond acceptors (Lipinski definition) is 7. The van der Waals surface area contributed by atoms with E-state index < -0.39 is 5.97 Å². The number of benzene rings is 2. The van der Waals surface area contributed by atoms with Crippen LogP contribution in [0.2, 0.25) is 0 Å². The normalized spacial score (nSPS) is 10.1. The number of aromatic nitrogens is 2. The molecule has 0 atom stereocenters. The maximum absolute atomic E-state index is 12.5. The summed E-state index contributed by atoms with van der Waals surface area (Å²) in [5.74, 6) is 0.413. The van der Waals surface area contributed by atoms with E-state index in [1.807, 2.05) is 24.3 Å². The van der Waals surface area contributed by atoms with Crippen molar-refractivity contribution in [1.82, 2.24) is 15.3 Å². The summed E-state index contributed by atoms with van der Waals surface area (Å²) in [5.41, 5.74) is 2.24. The highest BCUT2D eigenvalue weighted by Crippen LogP contribution is 2.18. The third-order valence-electron chi connectivity index (χ3n) is 4.11. The number of anilines is 2. The van der Waals surface area contributed by atoms with Crippen molar-refractivity contribution in [3.8, 4) is 5.75 Å². The number of carbonyl (C=O) groups excluding carboxylic acids is 2. The van der Waals surface area contributed by atoms with Gasteiger partial charge < -0.3 is 20.1 Å². The summed E-state index contributed by atoms with van der Waals surface area (Å²) in [4.78, 5) is 32.1. The Kier molecular flexibility index (Phi) is 6.36. The van der Waals surface area contributed by atoms with E-state index in [1.54, 1.807) is 37.4 Å². The molecule has 0 unspecified atom stereocenters. The molecule has 0 saturated heterocycles. The van der Waals surface area contributed by atoms with Gasteiger partial charge in [0.1, 0.15) is 23.6 Å². The number of esters is 1. The molecule has 3 rings (SSSR count). The minimum Gasteiger partial charge on any atom is -0.496 e. The third-order valence-corrected chi connectivity index (χ3v) is 4.11. The van der Waals surface area contributed by atoms with E-state index in [1.165, 1.54) is 13.4 Å². The highest BCUT2D eigenvalue weighted by Gasteiger charge is 2.11. The zero-order chi connectivity index (χ0) is 20.6. The molecule has 0 spiro atoms. The summed E-state index contributed by atoms with van der Waals surface area (Å²) in [5, 5.41) is 5.89. The SMILES string of the molecule is COC(=O)c1ccc(Nc2cc(C(=O)NCc3ccccc3OC)ncn2)cc1. The van der Waals surface area contributed by atoms with Gasteiger partial charge in [-0.1, -0.05) is 18.2 Å². The van der Waals surface area contributed by atoms with Gasteiger partial charge in [0.25, 0.3) is 5.91 Å². The van der Waals surface area contributed by atoms with Crippen LogP contribution in [0.3, 0.4) is 0 Å². The van der Waals surface area contributed by atoms with Crippen LogP contribution in [-0.2, 0) is 11.3 Å². The molecule has 0 radical (unpaired) electrons. The number of hydrogen-bond donors (Lipinski definition) is 2. The van der Waals surface area contributed by atoms with Crippen LogP contribution in [0.4, 0.5) is 11.5 Å². The van der Waals surface area contributed by atoms with E-state index in [0.29, 0.717) is 29.4 Å². The lowest BCUT2D eigenvalue weighted by molar-refractivity contribution is 0.0600. The molecule has 8 nitrogen and oxygen atoms in total. The largest absolute Gasteiger partial charge is 0.496 e. The van der Waals surface area contributed by atoms with E-state index in [-0.39, 0.29) is 11.6 Å². The second kappa shape index (κ2) is 9.32. The number of carbonyl (C=O) groups is 2. The van der Waals surface area contributed by atoms with Crippen molar-refractivity contribution in [2.45, 2.75) is 6.54 Å². The van der Waals surface area contributed by atoms with Gasteiger partial charge in [0, 0.05) is 23.9 Å². The van der Waals surface area contributed by atoms with Gasteiger partial charge in [0.15, 0.2) is 0 Å². The average molecular weight is 392 g/mol. The quantitative estimate of drug-likeness (QED) is 0.596. The van der Waals surface area contributed by atoms with Crippen molar-refractivity contribution >= 4 is 23.4 Å². The maximum atomic E-state index is 12.5. The summed E-state index contributed by atoms with van der Waals surface area (Å²) in [6, 6.07) is 15.7. The molecule has 1 amide bonds. The molecule has 3 aromatic rings. The van der Waals surface area contributed by atoms with Crippen LogP contribution in [0.25, 0.3) is 0 Å². The second-order valence-corrected chi connectivity index (χ2v) is 5.98. The van der Waals surface area contributed by atoms with E-state index >= 15 is 0 Å². The molecule has 2 N–H and O–H groups in total. The fraction of sp³-hybridized carbons (Fsp3) is 0.143. The zero-order valence-electron chi connectivity index (χ0n) is 16.0. The highest BCUT2D eigenvalue weighted by molar-refractivity contribution is 5.93. The Morgan fingerprint density at radius 2 is 1.76 bits per heavy atom. The number of methoxy groups -OCH3 is 2. The number of amides is 1. The Morgan fingerprint density at radius 3 is 2.48 bits per heavy atom. The predicted molar refractivity (Wildman–Crippen MR) is 107 cm³/mol. The van der Waals surface area contributed by atoms with Crippen LogP contribution < -0.4 is 15.4 Å². The number of nitrogens with zero attached hydrogens (tertiary/aromatic N) is 2. The van der Waals surface area contributed by atoms with Crippen molar-refractivity contribution < 1.29 is 19.1 Å². The molecule has 0 bridgehead atoms. The van der Waals surface area contributed by atoms with Gasteiger partial charge in [0.05, 0.1) is 19.8 Å². The van der Waals surface area contributed by atoms with Crippen LogP contribution in [0, 0.1) is 0 Å². The molecule has 0 aliphatic heterocycles. The molecular weight excluding hydrogens is 372 g/mol. The first-order valence-corrected chi connectivity index (χ1v) is 8.78. The van der Waals surface area contributed by atoms with Gasteiger partial charge in [-0.05, 0) is 30.3 Å². The molecule has 0 aliphatic rings. The number of rotatable bonds is 7. The lowest BCUT2D eigenvalue weighted by Crippen LogP contribution is -2.24. The van der Waals surface area contributed by atoms with E-state index in [9.17, 15) is 9.59 Å². The molecular formula is C21H20N4O4. The van der Waals surface area contributed by atoms with Gasteiger partial charge in [-0.15, -0.1) is 0 Å². The van der Waals surface area contributed by atoms with Gasteiger partial charge in [0.2, 0.25) is 0 Å². The molecule has 0 saturated carbocycles. The van der Waals surface area contributed by atoms with Crippen molar-refractivity contribution in [1.29, 1.82) is 0 Å². The van der Waals surface area contributed by atoms with Crippen LogP contribution in [0.15, 0.2) is 60.9 Å².